The molecule has 1 heterocycles. The molecule has 1 N–H and O–H groups in total. The maximum atomic E-state index is 10.8. The van der Waals surface area contributed by atoms with E-state index in [1.807, 2.05) is 13.8 Å². The Bertz CT molecular complexity index is 254. The summed E-state index contributed by atoms with van der Waals surface area (Å²) < 4.78 is 1.47. The maximum Gasteiger partial charge on any atom is 0.328 e. The molecule has 12 heavy (non-hydrogen) atoms. The minimum absolute atomic E-state index is 0.0439. The third kappa shape index (κ3) is 1.64. The van der Waals surface area contributed by atoms with Crippen LogP contribution in [0.15, 0.2) is 18.5 Å². The van der Waals surface area contributed by atoms with Gasteiger partial charge in [-0.1, -0.05) is 13.8 Å². The Morgan fingerprint density at radius 3 is 2.58 bits per heavy atom. The zero-order chi connectivity index (χ0) is 9.14. The molecule has 4 heteroatoms. The fourth-order valence-corrected chi connectivity index (χ4v) is 1.15. The van der Waals surface area contributed by atoms with E-state index in [1.54, 1.807) is 18.5 Å². The molecular weight excluding hydrogens is 156 g/mol. The van der Waals surface area contributed by atoms with Crippen LogP contribution in [0.4, 0.5) is 0 Å². The normalized spacial score (nSPS) is 13.2. The van der Waals surface area contributed by atoms with Crippen LogP contribution in [0.3, 0.4) is 0 Å². The first kappa shape index (κ1) is 8.77. The van der Waals surface area contributed by atoms with Crippen molar-refractivity contribution in [3.8, 4) is 0 Å². The topological polar surface area (TPSA) is 55.1 Å². The lowest BCUT2D eigenvalue weighted by Gasteiger charge is -2.15. The highest BCUT2D eigenvalue weighted by atomic mass is 16.4. The fourth-order valence-electron chi connectivity index (χ4n) is 1.15. The third-order valence-corrected chi connectivity index (χ3v) is 1.69. The summed E-state index contributed by atoms with van der Waals surface area (Å²) in [6.45, 7) is 3.72. The lowest BCUT2D eigenvalue weighted by atomic mass is 10.1. The van der Waals surface area contributed by atoms with Gasteiger partial charge in [-0.3, -0.25) is 4.68 Å². The summed E-state index contributed by atoms with van der Waals surface area (Å²) in [6.07, 6.45) is 3.25. The number of carboxylic acid groups (broad SMARTS) is 1. The van der Waals surface area contributed by atoms with Crippen LogP contribution in [0.5, 0.6) is 0 Å². The summed E-state index contributed by atoms with van der Waals surface area (Å²) in [5.41, 5.74) is 0. The van der Waals surface area contributed by atoms with Crippen molar-refractivity contribution in [1.82, 2.24) is 9.78 Å². The number of aliphatic carboxylic acids is 1. The standard InChI is InChI=1S/C8H12N2O2/c1-6(2)7(8(11)12)10-5-3-4-9-10/h3-7H,1-2H3,(H,11,12)/t7-/m1/s1. The van der Waals surface area contributed by atoms with E-state index < -0.39 is 12.0 Å². The monoisotopic (exact) mass is 168 g/mol. The van der Waals surface area contributed by atoms with Crippen LogP contribution >= 0.6 is 0 Å². The van der Waals surface area contributed by atoms with Crippen molar-refractivity contribution in [1.29, 1.82) is 0 Å². The number of aromatic nitrogens is 2. The van der Waals surface area contributed by atoms with E-state index in [2.05, 4.69) is 5.10 Å². The predicted molar refractivity (Wildman–Crippen MR) is 43.7 cm³/mol. The van der Waals surface area contributed by atoms with Gasteiger partial charge in [0.05, 0.1) is 0 Å². The lowest BCUT2D eigenvalue weighted by Crippen LogP contribution is -2.24. The molecule has 0 bridgehead atoms. The molecule has 0 fully saturated rings. The Morgan fingerprint density at radius 2 is 2.25 bits per heavy atom. The minimum Gasteiger partial charge on any atom is -0.480 e. The van der Waals surface area contributed by atoms with Gasteiger partial charge >= 0.3 is 5.97 Å². The molecule has 66 valence electrons. The summed E-state index contributed by atoms with van der Waals surface area (Å²) in [4.78, 5) is 10.8. The van der Waals surface area contributed by atoms with Gasteiger partial charge in [-0.05, 0) is 12.0 Å². The molecular formula is C8H12N2O2. The number of carboxylic acids is 1. The van der Waals surface area contributed by atoms with E-state index in [1.165, 1.54) is 4.68 Å². The minimum atomic E-state index is -0.839. The zero-order valence-corrected chi connectivity index (χ0v) is 7.14. The highest BCUT2D eigenvalue weighted by molar-refractivity contribution is 5.71. The molecule has 1 atom stereocenters. The Balaban J connectivity index is 2.88. The molecule has 0 spiro atoms. The van der Waals surface area contributed by atoms with Crippen LogP contribution in [-0.2, 0) is 4.79 Å². The second-order valence-corrected chi connectivity index (χ2v) is 3.01. The van der Waals surface area contributed by atoms with Crippen LogP contribution in [0, 0.1) is 5.92 Å². The van der Waals surface area contributed by atoms with Gasteiger partial charge in [-0.2, -0.15) is 5.10 Å². The van der Waals surface area contributed by atoms with Crippen LogP contribution in [0.25, 0.3) is 0 Å². The van der Waals surface area contributed by atoms with Gasteiger partial charge in [0.2, 0.25) is 0 Å². The van der Waals surface area contributed by atoms with Gasteiger partial charge in [-0.15, -0.1) is 0 Å². The SMILES string of the molecule is CC(C)[C@H](C(=O)O)n1cccn1. The molecule has 0 saturated heterocycles. The average Bonchev–Trinajstić information content (AvgIpc) is 2.37. The van der Waals surface area contributed by atoms with E-state index >= 15 is 0 Å². The average molecular weight is 168 g/mol. The molecule has 0 aromatic carbocycles. The van der Waals surface area contributed by atoms with E-state index in [0.29, 0.717) is 0 Å². The van der Waals surface area contributed by atoms with Crippen LogP contribution in [0.1, 0.15) is 19.9 Å². The van der Waals surface area contributed by atoms with Crippen LogP contribution in [-0.4, -0.2) is 20.9 Å². The van der Waals surface area contributed by atoms with Crippen molar-refractivity contribution in [2.75, 3.05) is 0 Å². The fraction of sp³-hybridized carbons (Fsp3) is 0.500. The Hall–Kier alpha value is -1.32. The first-order chi connectivity index (χ1) is 5.63. The summed E-state index contributed by atoms with van der Waals surface area (Å²) in [6, 6.07) is 1.16. The number of hydrogen-bond donors (Lipinski definition) is 1. The Labute approximate surface area is 70.8 Å². The quantitative estimate of drug-likeness (QED) is 0.736. The van der Waals surface area contributed by atoms with Gasteiger partial charge in [0.1, 0.15) is 0 Å². The van der Waals surface area contributed by atoms with E-state index in [-0.39, 0.29) is 5.92 Å². The molecule has 0 amide bonds. The molecule has 4 nitrogen and oxygen atoms in total. The van der Waals surface area contributed by atoms with Gasteiger partial charge in [0.15, 0.2) is 6.04 Å². The van der Waals surface area contributed by atoms with Gasteiger partial charge in [-0.25, -0.2) is 4.79 Å². The third-order valence-electron chi connectivity index (χ3n) is 1.69. The van der Waals surface area contributed by atoms with Crippen molar-refractivity contribution in [3.05, 3.63) is 18.5 Å². The highest BCUT2D eigenvalue weighted by Crippen LogP contribution is 2.15. The smallest absolute Gasteiger partial charge is 0.328 e. The molecule has 0 radical (unpaired) electrons. The molecule has 0 aliphatic rings. The second kappa shape index (κ2) is 3.38. The van der Waals surface area contributed by atoms with Gasteiger partial charge < -0.3 is 5.11 Å². The summed E-state index contributed by atoms with van der Waals surface area (Å²) in [5.74, 6) is -0.795. The lowest BCUT2D eigenvalue weighted by molar-refractivity contribution is -0.142. The molecule has 0 unspecified atom stereocenters. The number of hydrogen-bond acceptors (Lipinski definition) is 2. The molecule has 0 saturated carbocycles. The molecule has 1 rings (SSSR count). The molecule has 0 aliphatic carbocycles. The van der Waals surface area contributed by atoms with Crippen LogP contribution in [0.2, 0.25) is 0 Å². The number of rotatable bonds is 3. The Kier molecular flexibility index (Phi) is 2.47. The Morgan fingerprint density at radius 1 is 1.58 bits per heavy atom. The van der Waals surface area contributed by atoms with Gasteiger partial charge in [0, 0.05) is 12.4 Å². The predicted octanol–water partition coefficient (Wildman–Crippen LogP) is 1.16. The van der Waals surface area contributed by atoms with Crippen molar-refractivity contribution in [2.24, 2.45) is 5.92 Å². The van der Waals surface area contributed by atoms with E-state index in [0.717, 1.165) is 0 Å². The van der Waals surface area contributed by atoms with E-state index in [4.69, 9.17) is 5.11 Å². The number of carbonyl (C=O) groups is 1. The van der Waals surface area contributed by atoms with E-state index in [9.17, 15) is 4.79 Å². The maximum absolute atomic E-state index is 10.8. The highest BCUT2D eigenvalue weighted by Gasteiger charge is 2.23. The van der Waals surface area contributed by atoms with Crippen molar-refractivity contribution in [3.63, 3.8) is 0 Å². The van der Waals surface area contributed by atoms with Crippen molar-refractivity contribution >= 4 is 5.97 Å². The number of nitrogens with zero attached hydrogens (tertiary/aromatic N) is 2. The molecule has 1 aromatic rings. The molecule has 1 aromatic heterocycles. The summed E-state index contributed by atoms with van der Waals surface area (Å²) in [5, 5.41) is 12.7. The summed E-state index contributed by atoms with van der Waals surface area (Å²) >= 11 is 0. The first-order valence-corrected chi connectivity index (χ1v) is 3.85. The van der Waals surface area contributed by atoms with Crippen molar-refractivity contribution < 1.29 is 9.90 Å². The second-order valence-electron chi connectivity index (χ2n) is 3.01. The van der Waals surface area contributed by atoms with Crippen LogP contribution < -0.4 is 0 Å². The summed E-state index contributed by atoms with van der Waals surface area (Å²) in [7, 11) is 0. The largest absolute Gasteiger partial charge is 0.480 e. The van der Waals surface area contributed by atoms with Gasteiger partial charge in [0.25, 0.3) is 0 Å². The van der Waals surface area contributed by atoms with Crippen molar-refractivity contribution in [2.45, 2.75) is 19.9 Å². The first-order valence-electron chi connectivity index (χ1n) is 3.85. The molecule has 0 aliphatic heterocycles. The zero-order valence-electron chi connectivity index (χ0n) is 7.14.